The fraction of sp³-hybridized carbons (Fsp3) is 0.250. The van der Waals surface area contributed by atoms with Crippen molar-refractivity contribution in [3.63, 3.8) is 0 Å². The minimum atomic E-state index is -3.18. The molecule has 0 saturated carbocycles. The number of benzene rings is 1. The summed E-state index contributed by atoms with van der Waals surface area (Å²) in [6, 6.07) is 8.56. The van der Waals surface area contributed by atoms with E-state index < -0.39 is 9.84 Å². The van der Waals surface area contributed by atoms with Crippen LogP contribution in [0.4, 0.5) is 0 Å². The van der Waals surface area contributed by atoms with Crippen molar-refractivity contribution < 1.29 is 17.7 Å². The van der Waals surface area contributed by atoms with Crippen molar-refractivity contribution in [2.24, 2.45) is 0 Å². The molecular formula is C12H14NO3S+. The average molecular weight is 252 g/mol. The Morgan fingerprint density at radius 3 is 2.65 bits per heavy atom. The maximum absolute atomic E-state index is 11.4. The third-order valence-electron chi connectivity index (χ3n) is 2.47. The first-order chi connectivity index (χ1) is 8.00. The molecule has 4 nitrogen and oxygen atoms in total. The van der Waals surface area contributed by atoms with Gasteiger partial charge in [-0.2, -0.15) is 0 Å². The number of aromatic nitrogens is 1. The van der Waals surface area contributed by atoms with Crippen molar-refractivity contribution in [3.05, 3.63) is 36.5 Å². The maximum Gasteiger partial charge on any atom is 0.220 e. The fourth-order valence-electron chi connectivity index (χ4n) is 1.54. The summed E-state index contributed by atoms with van der Waals surface area (Å²) in [7, 11) is -3.18. The van der Waals surface area contributed by atoms with E-state index in [2.05, 4.69) is 0 Å². The Morgan fingerprint density at radius 2 is 2.06 bits per heavy atom. The normalized spacial score (nSPS) is 11.6. The quantitative estimate of drug-likeness (QED) is 0.781. The fourth-order valence-corrected chi connectivity index (χ4v) is 2.20. The third-order valence-corrected chi connectivity index (χ3v) is 3.58. The third kappa shape index (κ3) is 2.55. The summed E-state index contributed by atoms with van der Waals surface area (Å²) in [5.74, 6) is 0.664. The Morgan fingerprint density at radius 1 is 1.29 bits per heavy atom. The van der Waals surface area contributed by atoms with E-state index >= 15 is 0 Å². The number of hydrogen-bond donors (Lipinski definition) is 0. The van der Waals surface area contributed by atoms with E-state index in [0.717, 1.165) is 12.1 Å². The van der Waals surface area contributed by atoms with Crippen molar-refractivity contribution in [3.8, 4) is 11.3 Å². The lowest BCUT2D eigenvalue weighted by molar-refractivity contribution is -0.860. The van der Waals surface area contributed by atoms with Gasteiger partial charge >= 0.3 is 0 Å². The van der Waals surface area contributed by atoms with Gasteiger partial charge in [-0.3, -0.25) is 0 Å². The molecule has 0 amide bonds. The van der Waals surface area contributed by atoms with Crippen LogP contribution >= 0.6 is 0 Å². The number of hydrogen-bond acceptors (Lipinski definition) is 3. The van der Waals surface area contributed by atoms with Gasteiger partial charge in [0.2, 0.25) is 12.0 Å². The zero-order chi connectivity index (χ0) is 12.5. The lowest BCUT2D eigenvalue weighted by atomic mass is 10.2. The number of rotatable bonds is 3. The zero-order valence-electron chi connectivity index (χ0n) is 9.75. The van der Waals surface area contributed by atoms with E-state index in [1.54, 1.807) is 22.9 Å². The molecule has 1 aromatic heterocycles. The van der Waals surface area contributed by atoms with Gasteiger partial charge in [0.1, 0.15) is 0 Å². The Bertz CT molecular complexity index is 629. The van der Waals surface area contributed by atoms with E-state index in [1.165, 1.54) is 6.26 Å². The molecule has 0 saturated heterocycles. The molecule has 2 rings (SSSR count). The lowest BCUT2D eigenvalue weighted by Crippen LogP contribution is -2.27. The van der Waals surface area contributed by atoms with Crippen LogP contribution in [0.3, 0.4) is 0 Å². The minimum absolute atomic E-state index is 0.300. The molecule has 0 spiro atoms. The van der Waals surface area contributed by atoms with Crippen LogP contribution in [-0.4, -0.2) is 14.7 Å². The minimum Gasteiger partial charge on any atom is -0.236 e. The first-order valence-electron chi connectivity index (χ1n) is 5.31. The summed E-state index contributed by atoms with van der Waals surface area (Å²) in [6.45, 7) is 2.71. The van der Waals surface area contributed by atoms with Gasteiger partial charge < -0.3 is 0 Å². The Kier molecular flexibility index (Phi) is 3.02. The number of aryl methyl sites for hydroxylation is 1. The second kappa shape index (κ2) is 4.33. The molecule has 0 unspecified atom stereocenters. The SMILES string of the molecule is CC[n+]1ccc(-c2cccc(S(C)(=O)=O)c2)o1. The molecule has 0 atom stereocenters. The Labute approximate surface area is 100 Å². The molecule has 1 aromatic carbocycles. The van der Waals surface area contributed by atoms with Crippen molar-refractivity contribution in [1.29, 1.82) is 0 Å². The molecule has 0 aliphatic heterocycles. The smallest absolute Gasteiger partial charge is 0.220 e. The molecule has 5 heteroatoms. The van der Waals surface area contributed by atoms with Crippen LogP contribution in [0.1, 0.15) is 6.92 Å². The van der Waals surface area contributed by atoms with Gasteiger partial charge in [0.05, 0.1) is 11.0 Å². The second-order valence-electron chi connectivity index (χ2n) is 3.80. The zero-order valence-corrected chi connectivity index (χ0v) is 10.6. The van der Waals surface area contributed by atoms with Gasteiger partial charge in [0, 0.05) is 11.8 Å². The molecule has 17 heavy (non-hydrogen) atoms. The molecular weight excluding hydrogens is 238 g/mol. The van der Waals surface area contributed by atoms with Crippen LogP contribution in [0, 0.1) is 0 Å². The van der Waals surface area contributed by atoms with Gasteiger partial charge in [-0.25, -0.2) is 12.9 Å². The molecule has 0 aliphatic rings. The average Bonchev–Trinajstić information content (AvgIpc) is 2.76. The molecule has 0 radical (unpaired) electrons. The van der Waals surface area contributed by atoms with E-state index in [4.69, 9.17) is 4.52 Å². The van der Waals surface area contributed by atoms with Crippen LogP contribution in [0.15, 0.2) is 45.9 Å². The maximum atomic E-state index is 11.4. The summed E-state index contributed by atoms with van der Waals surface area (Å²) in [6.07, 6.45) is 3.02. The second-order valence-corrected chi connectivity index (χ2v) is 5.82. The first-order valence-corrected chi connectivity index (χ1v) is 7.20. The van der Waals surface area contributed by atoms with E-state index in [0.29, 0.717) is 10.7 Å². The Balaban J connectivity index is 2.46. The van der Waals surface area contributed by atoms with Crippen LogP contribution in [0.2, 0.25) is 0 Å². The van der Waals surface area contributed by atoms with E-state index in [1.807, 2.05) is 25.3 Å². The van der Waals surface area contributed by atoms with Crippen LogP contribution in [0.5, 0.6) is 0 Å². The molecule has 90 valence electrons. The summed E-state index contributed by atoms with van der Waals surface area (Å²) < 4.78 is 30.1. The molecule has 0 fully saturated rings. The standard InChI is InChI=1S/C12H14NO3S/c1-3-13-8-7-12(16-13)10-5-4-6-11(9-10)17(2,14)15/h4-9H,3H2,1-2H3/q+1. The molecule has 1 heterocycles. The highest BCUT2D eigenvalue weighted by Gasteiger charge is 2.13. The van der Waals surface area contributed by atoms with Crippen molar-refractivity contribution in [2.45, 2.75) is 18.4 Å². The predicted octanol–water partition coefficient (Wildman–Crippen LogP) is 1.66. The highest BCUT2D eigenvalue weighted by Crippen LogP contribution is 2.21. The van der Waals surface area contributed by atoms with Gasteiger partial charge in [-0.05, 0) is 23.8 Å². The molecule has 2 aromatic rings. The predicted molar refractivity (Wildman–Crippen MR) is 63.1 cm³/mol. The molecule has 0 bridgehead atoms. The van der Waals surface area contributed by atoms with Gasteiger partial charge in [-0.15, -0.1) is 0 Å². The summed E-state index contributed by atoms with van der Waals surface area (Å²) >= 11 is 0. The molecule has 0 aliphatic carbocycles. The van der Waals surface area contributed by atoms with Gasteiger partial charge in [0.15, 0.2) is 16.4 Å². The highest BCUT2D eigenvalue weighted by molar-refractivity contribution is 7.90. The summed E-state index contributed by atoms with van der Waals surface area (Å²) in [4.78, 5) is 0.300. The summed E-state index contributed by atoms with van der Waals surface area (Å²) in [5.41, 5.74) is 0.764. The first kappa shape index (κ1) is 11.9. The van der Waals surface area contributed by atoms with Crippen LogP contribution in [0.25, 0.3) is 11.3 Å². The van der Waals surface area contributed by atoms with Crippen molar-refractivity contribution in [1.82, 2.24) is 0 Å². The number of sulfone groups is 1. The highest BCUT2D eigenvalue weighted by atomic mass is 32.2. The van der Waals surface area contributed by atoms with Gasteiger partial charge in [-0.1, -0.05) is 12.1 Å². The van der Waals surface area contributed by atoms with Gasteiger partial charge in [0.25, 0.3) is 0 Å². The number of nitrogens with zero attached hydrogens (tertiary/aromatic N) is 1. The Hall–Kier alpha value is -1.62. The summed E-state index contributed by atoms with van der Waals surface area (Å²) in [5, 5.41) is 0. The van der Waals surface area contributed by atoms with E-state index in [-0.39, 0.29) is 0 Å². The van der Waals surface area contributed by atoms with Crippen molar-refractivity contribution in [2.75, 3.05) is 6.26 Å². The topological polar surface area (TPSA) is 51.2 Å². The monoisotopic (exact) mass is 252 g/mol. The largest absolute Gasteiger partial charge is 0.236 e. The van der Waals surface area contributed by atoms with Crippen molar-refractivity contribution >= 4 is 9.84 Å². The van der Waals surface area contributed by atoms with Crippen LogP contribution < -0.4 is 4.74 Å². The lowest BCUT2D eigenvalue weighted by Gasteiger charge is -1.99. The van der Waals surface area contributed by atoms with E-state index in [9.17, 15) is 8.42 Å². The molecule has 0 N–H and O–H groups in total. The van der Waals surface area contributed by atoms with Crippen LogP contribution in [-0.2, 0) is 16.4 Å².